The molecule has 0 fully saturated rings. The lowest BCUT2D eigenvalue weighted by Gasteiger charge is -2.20. The Morgan fingerprint density at radius 2 is 2.54 bits per heavy atom. The zero-order valence-electron chi connectivity index (χ0n) is 7.77. The molecule has 2 rings (SSSR count). The first-order chi connectivity index (χ1) is 6.31. The number of likely N-dealkylation sites (N-methyl/N-ethyl adjacent to an activating group) is 1. The van der Waals surface area contributed by atoms with Crippen molar-refractivity contribution in [2.24, 2.45) is 0 Å². The molecule has 1 aliphatic carbocycles. The van der Waals surface area contributed by atoms with E-state index in [-0.39, 0.29) is 0 Å². The lowest BCUT2D eigenvalue weighted by atomic mass is 9.89. The fraction of sp³-hybridized carbons (Fsp3) is 0.600. The Labute approximate surface area is 86.8 Å². The molecule has 0 bridgehead atoms. The van der Waals surface area contributed by atoms with Crippen LogP contribution in [0.1, 0.15) is 30.1 Å². The molecule has 1 atom stereocenters. The summed E-state index contributed by atoms with van der Waals surface area (Å²) in [7, 11) is 1.99. The molecule has 0 amide bonds. The van der Waals surface area contributed by atoms with E-state index in [0.717, 1.165) is 11.2 Å². The van der Waals surface area contributed by atoms with Crippen LogP contribution in [0.2, 0.25) is 0 Å². The summed E-state index contributed by atoms with van der Waals surface area (Å²) in [5.41, 5.74) is 1.39. The zero-order valence-corrected chi connectivity index (χ0v) is 9.36. The summed E-state index contributed by atoms with van der Waals surface area (Å²) in [6, 6.07) is 2.11. The van der Waals surface area contributed by atoms with Gasteiger partial charge in [-0.2, -0.15) is 0 Å². The van der Waals surface area contributed by atoms with Crippen LogP contribution in [0.15, 0.2) is 15.2 Å². The second-order valence-electron chi connectivity index (χ2n) is 3.59. The maximum Gasteiger partial charge on any atom is 0.169 e. The van der Waals surface area contributed by atoms with Crippen molar-refractivity contribution in [1.82, 2.24) is 5.32 Å². The third kappa shape index (κ3) is 1.81. The molecule has 0 spiro atoms. The largest absolute Gasteiger partial charge is 0.454 e. The molecule has 1 aromatic rings. The standard InChI is InChI=1S/C10H14BrNO/c1-12-6-8-4-2-3-7-5-9(11)13-10(7)8/h5,8,12H,2-4,6H2,1H3. The average Bonchev–Trinajstić information content (AvgIpc) is 2.47. The fourth-order valence-electron chi connectivity index (χ4n) is 2.06. The van der Waals surface area contributed by atoms with Crippen molar-refractivity contribution in [1.29, 1.82) is 0 Å². The van der Waals surface area contributed by atoms with Gasteiger partial charge in [-0.3, -0.25) is 0 Å². The summed E-state index contributed by atoms with van der Waals surface area (Å²) < 4.78 is 6.52. The summed E-state index contributed by atoms with van der Waals surface area (Å²) in [6.07, 6.45) is 3.70. The summed E-state index contributed by atoms with van der Waals surface area (Å²) >= 11 is 3.38. The molecule has 0 saturated carbocycles. The number of rotatable bonds is 2. The van der Waals surface area contributed by atoms with Gasteiger partial charge in [0.2, 0.25) is 0 Å². The Bertz CT molecular complexity index is 295. The van der Waals surface area contributed by atoms with Gasteiger partial charge in [-0.25, -0.2) is 0 Å². The van der Waals surface area contributed by atoms with Gasteiger partial charge in [0, 0.05) is 12.5 Å². The molecule has 0 radical (unpaired) electrons. The minimum absolute atomic E-state index is 0.569. The summed E-state index contributed by atoms with van der Waals surface area (Å²) in [5, 5.41) is 3.21. The van der Waals surface area contributed by atoms with E-state index >= 15 is 0 Å². The van der Waals surface area contributed by atoms with Crippen LogP contribution < -0.4 is 5.32 Å². The highest BCUT2D eigenvalue weighted by atomic mass is 79.9. The molecule has 2 nitrogen and oxygen atoms in total. The van der Waals surface area contributed by atoms with Crippen molar-refractivity contribution in [2.75, 3.05) is 13.6 Å². The quantitative estimate of drug-likeness (QED) is 0.865. The van der Waals surface area contributed by atoms with Crippen molar-refractivity contribution in [3.8, 4) is 0 Å². The Kier molecular flexibility index (Phi) is 2.74. The topological polar surface area (TPSA) is 25.2 Å². The van der Waals surface area contributed by atoms with Crippen LogP contribution in [0.4, 0.5) is 0 Å². The molecule has 13 heavy (non-hydrogen) atoms. The summed E-state index contributed by atoms with van der Waals surface area (Å²) in [6.45, 7) is 1.02. The molecule has 1 heterocycles. The van der Waals surface area contributed by atoms with Gasteiger partial charge < -0.3 is 9.73 Å². The average molecular weight is 244 g/mol. The van der Waals surface area contributed by atoms with Crippen molar-refractivity contribution in [3.63, 3.8) is 0 Å². The van der Waals surface area contributed by atoms with E-state index in [0.29, 0.717) is 5.92 Å². The highest BCUT2D eigenvalue weighted by Crippen LogP contribution is 2.34. The molecule has 1 aliphatic rings. The number of halogens is 1. The van der Waals surface area contributed by atoms with E-state index in [9.17, 15) is 0 Å². The van der Waals surface area contributed by atoms with E-state index in [1.165, 1.54) is 30.6 Å². The van der Waals surface area contributed by atoms with Gasteiger partial charge in [-0.15, -0.1) is 0 Å². The van der Waals surface area contributed by atoms with Crippen molar-refractivity contribution >= 4 is 15.9 Å². The number of furan rings is 1. The van der Waals surface area contributed by atoms with Crippen LogP contribution in [0.25, 0.3) is 0 Å². The third-order valence-corrected chi connectivity index (χ3v) is 3.02. The normalized spacial score (nSPS) is 21.5. The highest BCUT2D eigenvalue weighted by Gasteiger charge is 2.23. The Balaban J connectivity index is 2.25. The van der Waals surface area contributed by atoms with Crippen LogP contribution >= 0.6 is 15.9 Å². The van der Waals surface area contributed by atoms with Gasteiger partial charge in [-0.1, -0.05) is 0 Å². The molecule has 72 valence electrons. The fourth-order valence-corrected chi connectivity index (χ4v) is 2.51. The number of hydrogen-bond donors (Lipinski definition) is 1. The molecule has 1 unspecified atom stereocenters. The number of fused-ring (bicyclic) bond motifs is 1. The van der Waals surface area contributed by atoms with Crippen LogP contribution in [0.5, 0.6) is 0 Å². The lowest BCUT2D eigenvalue weighted by molar-refractivity contribution is 0.398. The first kappa shape index (κ1) is 9.28. The summed E-state index contributed by atoms with van der Waals surface area (Å²) in [4.78, 5) is 0. The van der Waals surface area contributed by atoms with Gasteiger partial charge >= 0.3 is 0 Å². The van der Waals surface area contributed by atoms with Crippen molar-refractivity contribution < 1.29 is 4.42 Å². The first-order valence-corrected chi connectivity index (χ1v) is 5.53. The van der Waals surface area contributed by atoms with Gasteiger partial charge in [0.25, 0.3) is 0 Å². The number of nitrogens with one attached hydrogen (secondary N) is 1. The molecule has 0 aliphatic heterocycles. The van der Waals surface area contributed by atoms with Crippen LogP contribution in [-0.2, 0) is 6.42 Å². The van der Waals surface area contributed by atoms with Crippen LogP contribution in [-0.4, -0.2) is 13.6 Å². The molecular formula is C10H14BrNO. The highest BCUT2D eigenvalue weighted by molar-refractivity contribution is 9.10. The van der Waals surface area contributed by atoms with Gasteiger partial charge in [0.15, 0.2) is 4.67 Å². The minimum atomic E-state index is 0.569. The predicted octanol–water partition coefficient (Wildman–Crippen LogP) is 2.68. The molecular weight excluding hydrogens is 230 g/mol. The second kappa shape index (κ2) is 3.84. The lowest BCUT2D eigenvalue weighted by Crippen LogP contribution is -2.20. The number of hydrogen-bond acceptors (Lipinski definition) is 2. The van der Waals surface area contributed by atoms with Gasteiger partial charge in [0.05, 0.1) is 0 Å². The Morgan fingerprint density at radius 1 is 1.69 bits per heavy atom. The minimum Gasteiger partial charge on any atom is -0.454 e. The third-order valence-electron chi connectivity index (χ3n) is 2.63. The predicted molar refractivity (Wildman–Crippen MR) is 56.0 cm³/mol. The maximum absolute atomic E-state index is 5.65. The zero-order chi connectivity index (χ0) is 9.26. The van der Waals surface area contributed by atoms with Gasteiger partial charge in [0.1, 0.15) is 5.76 Å². The maximum atomic E-state index is 5.65. The molecule has 0 aromatic carbocycles. The van der Waals surface area contributed by atoms with E-state index in [2.05, 4.69) is 27.3 Å². The van der Waals surface area contributed by atoms with Crippen molar-refractivity contribution in [2.45, 2.75) is 25.2 Å². The van der Waals surface area contributed by atoms with Gasteiger partial charge in [-0.05, 0) is 53.9 Å². The van der Waals surface area contributed by atoms with E-state index in [1.54, 1.807) is 0 Å². The SMILES string of the molecule is CNCC1CCCc2cc(Br)oc21. The Hall–Kier alpha value is -0.280. The molecule has 1 N–H and O–H groups in total. The molecule has 0 saturated heterocycles. The first-order valence-electron chi connectivity index (χ1n) is 4.74. The molecule has 1 aromatic heterocycles. The second-order valence-corrected chi connectivity index (χ2v) is 4.37. The Morgan fingerprint density at radius 3 is 3.31 bits per heavy atom. The summed E-state index contributed by atoms with van der Waals surface area (Å²) in [5.74, 6) is 1.76. The van der Waals surface area contributed by atoms with Crippen molar-refractivity contribution in [3.05, 3.63) is 22.1 Å². The van der Waals surface area contributed by atoms with E-state index in [4.69, 9.17) is 4.42 Å². The van der Waals surface area contributed by atoms with E-state index in [1.807, 2.05) is 7.05 Å². The molecule has 3 heteroatoms. The van der Waals surface area contributed by atoms with Crippen LogP contribution in [0, 0.1) is 0 Å². The van der Waals surface area contributed by atoms with E-state index < -0.39 is 0 Å². The monoisotopic (exact) mass is 243 g/mol. The smallest absolute Gasteiger partial charge is 0.169 e. The number of aryl methyl sites for hydroxylation is 1. The van der Waals surface area contributed by atoms with Crippen LogP contribution in [0.3, 0.4) is 0 Å².